The number of nitrogens with two attached hydrogens (primary N) is 1. The van der Waals surface area contributed by atoms with Gasteiger partial charge in [-0.2, -0.15) is 0 Å². The second-order valence-electron chi connectivity index (χ2n) is 5.24. The first-order valence-electron chi connectivity index (χ1n) is 6.90. The molecule has 1 fully saturated rings. The van der Waals surface area contributed by atoms with E-state index in [0.717, 1.165) is 5.56 Å². The SMILES string of the molecule is Nc1ccc(C(=O)N2C[C@@H](c3ccccc3)CC2=O)cc1. The molecule has 0 aliphatic carbocycles. The van der Waals surface area contributed by atoms with Gasteiger partial charge in [0.25, 0.3) is 5.91 Å². The third-order valence-corrected chi connectivity index (χ3v) is 3.80. The number of amides is 2. The molecule has 1 aliphatic rings. The van der Waals surface area contributed by atoms with E-state index in [1.54, 1.807) is 24.3 Å². The molecule has 2 amide bonds. The summed E-state index contributed by atoms with van der Waals surface area (Å²) in [5.74, 6) is -0.291. The lowest BCUT2D eigenvalue weighted by atomic mass is 9.98. The van der Waals surface area contributed by atoms with Crippen molar-refractivity contribution in [3.05, 3.63) is 65.7 Å². The Hall–Kier alpha value is -2.62. The average Bonchev–Trinajstić information content (AvgIpc) is 2.90. The van der Waals surface area contributed by atoms with E-state index in [9.17, 15) is 9.59 Å². The molecule has 0 saturated carbocycles. The van der Waals surface area contributed by atoms with Crippen LogP contribution in [0.3, 0.4) is 0 Å². The van der Waals surface area contributed by atoms with Gasteiger partial charge in [0, 0.05) is 30.1 Å². The Morgan fingerprint density at radius 1 is 1.05 bits per heavy atom. The number of hydrogen-bond donors (Lipinski definition) is 1. The van der Waals surface area contributed by atoms with E-state index in [1.807, 2.05) is 30.3 Å². The Balaban J connectivity index is 1.79. The van der Waals surface area contributed by atoms with Crippen molar-refractivity contribution in [3.63, 3.8) is 0 Å². The number of nitrogen functional groups attached to an aromatic ring is 1. The molecule has 0 bridgehead atoms. The quantitative estimate of drug-likeness (QED) is 0.678. The standard InChI is InChI=1S/C17H16N2O2/c18-15-8-6-13(7-9-15)17(21)19-11-14(10-16(19)20)12-4-2-1-3-5-12/h1-9,14H,10-11,18H2/t14-/m0/s1. The van der Waals surface area contributed by atoms with E-state index < -0.39 is 0 Å². The molecular formula is C17H16N2O2. The molecule has 1 saturated heterocycles. The van der Waals surface area contributed by atoms with Crippen LogP contribution in [0.1, 0.15) is 28.3 Å². The van der Waals surface area contributed by atoms with Crippen LogP contribution in [-0.2, 0) is 4.79 Å². The molecule has 1 atom stereocenters. The van der Waals surface area contributed by atoms with Crippen molar-refractivity contribution in [3.8, 4) is 0 Å². The smallest absolute Gasteiger partial charge is 0.260 e. The molecule has 4 heteroatoms. The molecule has 3 rings (SSSR count). The number of likely N-dealkylation sites (tertiary alicyclic amines) is 1. The van der Waals surface area contributed by atoms with Crippen LogP contribution < -0.4 is 5.73 Å². The molecule has 2 N–H and O–H groups in total. The summed E-state index contributed by atoms with van der Waals surface area (Å²) in [6.07, 6.45) is 0.380. The Labute approximate surface area is 123 Å². The fourth-order valence-corrected chi connectivity index (χ4v) is 2.63. The van der Waals surface area contributed by atoms with Gasteiger partial charge in [-0.15, -0.1) is 0 Å². The van der Waals surface area contributed by atoms with Crippen LogP contribution in [0.2, 0.25) is 0 Å². The summed E-state index contributed by atoms with van der Waals surface area (Å²) in [5, 5.41) is 0. The molecular weight excluding hydrogens is 264 g/mol. The highest BCUT2D eigenvalue weighted by Gasteiger charge is 2.34. The molecule has 0 aromatic heterocycles. The summed E-state index contributed by atoms with van der Waals surface area (Å²) in [6.45, 7) is 0.437. The highest BCUT2D eigenvalue weighted by atomic mass is 16.2. The fourth-order valence-electron chi connectivity index (χ4n) is 2.63. The average molecular weight is 280 g/mol. The molecule has 0 unspecified atom stereocenters. The summed E-state index contributed by atoms with van der Waals surface area (Å²) < 4.78 is 0. The fraction of sp³-hybridized carbons (Fsp3) is 0.176. The lowest BCUT2D eigenvalue weighted by molar-refractivity contribution is -0.125. The van der Waals surface area contributed by atoms with Crippen LogP contribution in [0.25, 0.3) is 0 Å². The number of anilines is 1. The van der Waals surface area contributed by atoms with Gasteiger partial charge in [-0.05, 0) is 29.8 Å². The maximum atomic E-state index is 12.4. The minimum atomic E-state index is -0.251. The van der Waals surface area contributed by atoms with Gasteiger partial charge in [-0.25, -0.2) is 0 Å². The van der Waals surface area contributed by atoms with E-state index >= 15 is 0 Å². The van der Waals surface area contributed by atoms with Crippen LogP contribution in [0.5, 0.6) is 0 Å². The zero-order valence-electron chi connectivity index (χ0n) is 11.5. The number of carbonyl (C=O) groups is 2. The molecule has 0 radical (unpaired) electrons. The Morgan fingerprint density at radius 3 is 2.38 bits per heavy atom. The number of nitrogens with zero attached hydrogens (tertiary/aromatic N) is 1. The molecule has 1 aliphatic heterocycles. The van der Waals surface area contributed by atoms with E-state index in [0.29, 0.717) is 24.2 Å². The first kappa shape index (κ1) is 13.4. The first-order chi connectivity index (χ1) is 10.1. The van der Waals surface area contributed by atoms with Gasteiger partial charge >= 0.3 is 0 Å². The Bertz CT molecular complexity index is 665. The lowest BCUT2D eigenvalue weighted by Gasteiger charge is -2.15. The minimum Gasteiger partial charge on any atom is -0.399 e. The van der Waals surface area contributed by atoms with E-state index in [2.05, 4.69) is 0 Å². The zero-order valence-corrected chi connectivity index (χ0v) is 11.5. The van der Waals surface area contributed by atoms with Crippen molar-refractivity contribution in [2.24, 2.45) is 0 Å². The van der Waals surface area contributed by atoms with Gasteiger partial charge in [0.1, 0.15) is 0 Å². The van der Waals surface area contributed by atoms with Gasteiger partial charge in [0.2, 0.25) is 5.91 Å². The van der Waals surface area contributed by atoms with Crippen molar-refractivity contribution >= 4 is 17.5 Å². The van der Waals surface area contributed by atoms with Crippen LogP contribution >= 0.6 is 0 Å². The summed E-state index contributed by atoms with van der Waals surface area (Å²) in [5.41, 5.74) is 7.80. The Morgan fingerprint density at radius 2 is 1.71 bits per heavy atom. The van der Waals surface area contributed by atoms with Crippen LogP contribution in [0.4, 0.5) is 5.69 Å². The predicted molar refractivity (Wildman–Crippen MR) is 80.7 cm³/mol. The summed E-state index contributed by atoms with van der Waals surface area (Å²) in [4.78, 5) is 25.9. The maximum Gasteiger partial charge on any atom is 0.260 e. The van der Waals surface area contributed by atoms with Crippen molar-refractivity contribution < 1.29 is 9.59 Å². The molecule has 1 heterocycles. The minimum absolute atomic E-state index is 0.0800. The highest BCUT2D eigenvalue weighted by molar-refractivity contribution is 6.06. The van der Waals surface area contributed by atoms with E-state index in [1.165, 1.54) is 4.90 Å². The summed E-state index contributed by atoms with van der Waals surface area (Å²) in [7, 11) is 0. The lowest BCUT2D eigenvalue weighted by Crippen LogP contribution is -2.32. The topological polar surface area (TPSA) is 63.4 Å². The van der Waals surface area contributed by atoms with Gasteiger partial charge in [0.05, 0.1) is 0 Å². The second kappa shape index (κ2) is 5.40. The molecule has 2 aromatic carbocycles. The Kier molecular flexibility index (Phi) is 3.44. The largest absolute Gasteiger partial charge is 0.399 e. The zero-order chi connectivity index (χ0) is 14.8. The number of hydrogen-bond acceptors (Lipinski definition) is 3. The number of imide groups is 1. The normalized spacial score (nSPS) is 18.0. The van der Waals surface area contributed by atoms with Gasteiger partial charge in [-0.1, -0.05) is 30.3 Å². The van der Waals surface area contributed by atoms with Crippen molar-refractivity contribution in [2.45, 2.75) is 12.3 Å². The number of benzene rings is 2. The first-order valence-corrected chi connectivity index (χ1v) is 6.90. The van der Waals surface area contributed by atoms with Crippen LogP contribution in [-0.4, -0.2) is 23.3 Å². The van der Waals surface area contributed by atoms with E-state index in [4.69, 9.17) is 5.73 Å². The van der Waals surface area contributed by atoms with Gasteiger partial charge < -0.3 is 5.73 Å². The van der Waals surface area contributed by atoms with Crippen molar-refractivity contribution in [1.82, 2.24) is 4.90 Å². The van der Waals surface area contributed by atoms with Gasteiger partial charge in [-0.3, -0.25) is 14.5 Å². The van der Waals surface area contributed by atoms with Gasteiger partial charge in [0.15, 0.2) is 0 Å². The second-order valence-corrected chi connectivity index (χ2v) is 5.24. The number of carbonyl (C=O) groups excluding carboxylic acids is 2. The molecule has 2 aromatic rings. The summed E-state index contributed by atoms with van der Waals surface area (Å²) in [6, 6.07) is 16.5. The van der Waals surface area contributed by atoms with Crippen molar-refractivity contribution in [1.29, 1.82) is 0 Å². The molecule has 4 nitrogen and oxygen atoms in total. The predicted octanol–water partition coefficient (Wildman–Crippen LogP) is 2.43. The third kappa shape index (κ3) is 2.65. The molecule has 21 heavy (non-hydrogen) atoms. The van der Waals surface area contributed by atoms with Crippen LogP contribution in [0.15, 0.2) is 54.6 Å². The highest BCUT2D eigenvalue weighted by Crippen LogP contribution is 2.29. The number of rotatable bonds is 2. The van der Waals surface area contributed by atoms with Crippen LogP contribution in [0, 0.1) is 0 Å². The maximum absolute atomic E-state index is 12.4. The third-order valence-electron chi connectivity index (χ3n) is 3.80. The monoisotopic (exact) mass is 280 g/mol. The summed E-state index contributed by atoms with van der Waals surface area (Å²) >= 11 is 0. The van der Waals surface area contributed by atoms with Crippen molar-refractivity contribution in [2.75, 3.05) is 12.3 Å². The van der Waals surface area contributed by atoms with E-state index in [-0.39, 0.29) is 17.7 Å². The molecule has 0 spiro atoms. The molecule has 106 valence electrons.